The van der Waals surface area contributed by atoms with Crippen molar-refractivity contribution in [3.8, 4) is 0 Å². The highest BCUT2D eigenvalue weighted by molar-refractivity contribution is 5.58. The summed E-state index contributed by atoms with van der Waals surface area (Å²) in [5, 5.41) is 3.31. The van der Waals surface area contributed by atoms with Gasteiger partial charge < -0.3 is 10.1 Å². The maximum Gasteiger partial charge on any atom is 0.142 e. The van der Waals surface area contributed by atoms with Crippen molar-refractivity contribution < 1.29 is 4.79 Å². The summed E-state index contributed by atoms with van der Waals surface area (Å²) in [4.78, 5) is 13.4. The highest BCUT2D eigenvalue weighted by atomic mass is 16.1. The molecule has 1 fully saturated rings. The molecule has 3 heteroatoms. The Hall–Kier alpha value is -0.830. The zero-order valence-electron chi connectivity index (χ0n) is 11.4. The summed E-state index contributed by atoms with van der Waals surface area (Å²) in [6.45, 7) is 9.46. The maximum atomic E-state index is 11.1. The lowest BCUT2D eigenvalue weighted by Crippen LogP contribution is -2.45. The monoisotopic (exact) mass is 238 g/mol. The maximum absolute atomic E-state index is 11.1. The van der Waals surface area contributed by atoms with Gasteiger partial charge in [0.2, 0.25) is 0 Å². The van der Waals surface area contributed by atoms with Crippen LogP contribution in [0.5, 0.6) is 0 Å². The molecule has 1 heterocycles. The fourth-order valence-electron chi connectivity index (χ4n) is 2.39. The van der Waals surface area contributed by atoms with E-state index in [1.807, 2.05) is 0 Å². The van der Waals surface area contributed by atoms with Crippen molar-refractivity contribution in [1.82, 2.24) is 10.2 Å². The fourth-order valence-corrected chi connectivity index (χ4v) is 2.39. The number of aldehydes is 1. The molecular formula is C14H26N2O. The number of rotatable bonds is 6. The molecular weight excluding hydrogens is 212 g/mol. The lowest BCUT2D eigenvalue weighted by molar-refractivity contribution is -0.110. The molecule has 1 rings (SSSR count). The summed E-state index contributed by atoms with van der Waals surface area (Å²) in [6, 6.07) is 0.290. The Kier molecular flexibility index (Phi) is 5.69. The number of likely N-dealkylation sites (tertiary alicyclic amines) is 1. The predicted octanol–water partition coefficient (Wildman–Crippen LogP) is 2.19. The second-order valence-electron chi connectivity index (χ2n) is 5.21. The number of carbonyl (C=O) groups excluding carboxylic acids is 1. The Morgan fingerprint density at radius 1 is 1.59 bits per heavy atom. The Morgan fingerprint density at radius 3 is 2.82 bits per heavy atom. The number of nitrogens with zero attached hydrogens (tertiary/aromatic N) is 1. The second-order valence-corrected chi connectivity index (χ2v) is 5.21. The van der Waals surface area contributed by atoms with Crippen LogP contribution in [0.4, 0.5) is 0 Å². The van der Waals surface area contributed by atoms with E-state index in [-0.39, 0.29) is 6.04 Å². The average molecular weight is 238 g/mol. The normalized spacial score (nSPS) is 25.0. The van der Waals surface area contributed by atoms with Gasteiger partial charge in [0, 0.05) is 11.7 Å². The topological polar surface area (TPSA) is 32.3 Å². The molecule has 0 bridgehead atoms. The zero-order chi connectivity index (χ0) is 12.8. The zero-order valence-corrected chi connectivity index (χ0v) is 11.4. The Labute approximate surface area is 105 Å². The number of nitrogens with one attached hydrogen (secondary N) is 1. The summed E-state index contributed by atoms with van der Waals surface area (Å²) < 4.78 is 0. The van der Waals surface area contributed by atoms with Crippen LogP contribution in [0.15, 0.2) is 12.3 Å². The number of carbonyl (C=O) groups is 1. The van der Waals surface area contributed by atoms with Gasteiger partial charge in [0.15, 0.2) is 0 Å². The SMILES string of the molecule is C=C(N[C@H](C=O)[C@@H](C)CC)[C@H]1CCCCN1C. The largest absolute Gasteiger partial charge is 0.378 e. The molecule has 1 aliphatic heterocycles. The minimum atomic E-state index is -0.0946. The summed E-state index contributed by atoms with van der Waals surface area (Å²) in [7, 11) is 2.13. The molecule has 0 aromatic heterocycles. The van der Waals surface area contributed by atoms with Crippen molar-refractivity contribution in [2.75, 3.05) is 13.6 Å². The Balaban J connectivity index is 2.54. The van der Waals surface area contributed by atoms with E-state index in [0.717, 1.165) is 31.4 Å². The molecule has 1 N–H and O–H groups in total. The van der Waals surface area contributed by atoms with E-state index in [2.05, 4.69) is 37.7 Å². The molecule has 3 nitrogen and oxygen atoms in total. The minimum Gasteiger partial charge on any atom is -0.378 e. The van der Waals surface area contributed by atoms with Gasteiger partial charge in [0.25, 0.3) is 0 Å². The third-order valence-corrected chi connectivity index (χ3v) is 3.93. The first-order valence-corrected chi connectivity index (χ1v) is 6.71. The van der Waals surface area contributed by atoms with Crippen LogP contribution in [0, 0.1) is 5.92 Å². The molecule has 0 spiro atoms. The van der Waals surface area contributed by atoms with Crippen molar-refractivity contribution in [3.63, 3.8) is 0 Å². The quantitative estimate of drug-likeness (QED) is 0.720. The van der Waals surface area contributed by atoms with E-state index in [1.165, 1.54) is 12.8 Å². The van der Waals surface area contributed by atoms with Crippen molar-refractivity contribution >= 4 is 6.29 Å². The summed E-state index contributed by atoms with van der Waals surface area (Å²) in [5.41, 5.74) is 1.00. The van der Waals surface area contributed by atoms with Gasteiger partial charge in [-0.25, -0.2) is 0 Å². The highest BCUT2D eigenvalue weighted by Crippen LogP contribution is 2.20. The fraction of sp³-hybridized carbons (Fsp3) is 0.786. The number of piperidine rings is 1. The van der Waals surface area contributed by atoms with Gasteiger partial charge in [-0.3, -0.25) is 4.90 Å². The molecule has 17 heavy (non-hydrogen) atoms. The third-order valence-electron chi connectivity index (χ3n) is 3.93. The smallest absolute Gasteiger partial charge is 0.142 e. The Bertz CT molecular complexity index is 265. The number of hydrogen-bond acceptors (Lipinski definition) is 3. The summed E-state index contributed by atoms with van der Waals surface area (Å²) in [5.74, 6) is 0.359. The van der Waals surface area contributed by atoms with E-state index in [0.29, 0.717) is 12.0 Å². The number of hydrogen-bond donors (Lipinski definition) is 1. The van der Waals surface area contributed by atoms with Crippen LogP contribution in [0.3, 0.4) is 0 Å². The van der Waals surface area contributed by atoms with Crippen LogP contribution in [0.25, 0.3) is 0 Å². The van der Waals surface area contributed by atoms with Gasteiger partial charge in [-0.1, -0.05) is 33.3 Å². The molecule has 0 unspecified atom stereocenters. The van der Waals surface area contributed by atoms with Crippen molar-refractivity contribution in [3.05, 3.63) is 12.3 Å². The lowest BCUT2D eigenvalue weighted by atomic mass is 9.97. The molecule has 0 aromatic carbocycles. The standard InChI is InChI=1S/C14H26N2O/c1-5-11(2)13(10-17)15-12(3)14-8-6-7-9-16(14)4/h10-11,13-15H,3,5-9H2,1-2,4H3/t11-,13+,14+/m0/s1. The molecule has 1 saturated heterocycles. The molecule has 0 amide bonds. The number of likely N-dealkylation sites (N-methyl/N-ethyl adjacent to an activating group) is 1. The predicted molar refractivity (Wildman–Crippen MR) is 71.9 cm³/mol. The van der Waals surface area contributed by atoms with Crippen LogP contribution in [0.2, 0.25) is 0 Å². The molecule has 1 aliphatic rings. The van der Waals surface area contributed by atoms with Gasteiger partial charge >= 0.3 is 0 Å². The van der Waals surface area contributed by atoms with Crippen molar-refractivity contribution in [1.29, 1.82) is 0 Å². The lowest BCUT2D eigenvalue weighted by Gasteiger charge is -2.35. The average Bonchev–Trinajstić information content (AvgIpc) is 2.35. The minimum absolute atomic E-state index is 0.0946. The van der Waals surface area contributed by atoms with E-state index in [1.54, 1.807) is 0 Å². The molecule has 0 aliphatic carbocycles. The molecule has 0 aromatic rings. The van der Waals surface area contributed by atoms with E-state index >= 15 is 0 Å². The second kappa shape index (κ2) is 6.80. The van der Waals surface area contributed by atoms with Gasteiger partial charge in [0.05, 0.1) is 6.04 Å². The summed E-state index contributed by atoms with van der Waals surface area (Å²) >= 11 is 0. The van der Waals surface area contributed by atoms with E-state index in [4.69, 9.17) is 0 Å². The van der Waals surface area contributed by atoms with Crippen molar-refractivity contribution in [2.24, 2.45) is 5.92 Å². The van der Waals surface area contributed by atoms with E-state index in [9.17, 15) is 4.79 Å². The first kappa shape index (κ1) is 14.2. The van der Waals surface area contributed by atoms with Crippen LogP contribution < -0.4 is 5.32 Å². The molecule has 0 radical (unpaired) electrons. The molecule has 3 atom stereocenters. The van der Waals surface area contributed by atoms with Crippen LogP contribution in [0.1, 0.15) is 39.5 Å². The summed E-state index contributed by atoms with van der Waals surface area (Å²) in [6.07, 6.45) is 5.69. The molecule has 98 valence electrons. The Morgan fingerprint density at radius 2 is 2.29 bits per heavy atom. The van der Waals surface area contributed by atoms with Crippen molar-refractivity contribution in [2.45, 2.75) is 51.6 Å². The molecule has 0 saturated carbocycles. The van der Waals surface area contributed by atoms with Gasteiger partial charge in [0.1, 0.15) is 6.29 Å². The first-order chi connectivity index (χ1) is 8.10. The van der Waals surface area contributed by atoms with Gasteiger partial charge in [-0.05, 0) is 32.4 Å². The van der Waals surface area contributed by atoms with E-state index < -0.39 is 0 Å². The van der Waals surface area contributed by atoms with Gasteiger partial charge in [-0.2, -0.15) is 0 Å². The van der Waals surface area contributed by atoms with Crippen LogP contribution in [-0.2, 0) is 4.79 Å². The third kappa shape index (κ3) is 3.84. The van der Waals surface area contributed by atoms with Crippen LogP contribution >= 0.6 is 0 Å². The van der Waals surface area contributed by atoms with Gasteiger partial charge in [-0.15, -0.1) is 0 Å². The first-order valence-electron chi connectivity index (χ1n) is 6.71. The highest BCUT2D eigenvalue weighted by Gasteiger charge is 2.24. The van der Waals surface area contributed by atoms with Crippen LogP contribution in [-0.4, -0.2) is 36.9 Å².